The number of methoxy groups -OCH3 is 1. The monoisotopic (exact) mass is 224 g/mol. The highest BCUT2D eigenvalue weighted by Gasteiger charge is 2.20. The molecule has 0 aliphatic rings. The molecule has 0 saturated heterocycles. The largest absolute Gasteiger partial charge is 0.380 e. The van der Waals surface area contributed by atoms with Gasteiger partial charge >= 0.3 is 0 Å². The van der Waals surface area contributed by atoms with E-state index < -0.39 is 9.05 Å². The van der Waals surface area contributed by atoms with Crippen molar-refractivity contribution in [2.24, 2.45) is 7.05 Å². The molecule has 0 amide bonds. The standard InChI is InChI=1S/C6H9ClN2O3S/c1-9-6(13(7,10)11)5(3-8-9)4-12-2/h3H,4H2,1-2H3. The summed E-state index contributed by atoms with van der Waals surface area (Å²) >= 11 is 0. The minimum absolute atomic E-state index is 0.0176. The molecule has 0 unspecified atom stereocenters. The Balaban J connectivity index is 3.25. The Kier molecular flexibility index (Phi) is 2.94. The Bertz CT molecular complexity index is 398. The molecular formula is C6H9ClN2O3S. The average molecular weight is 225 g/mol. The van der Waals surface area contributed by atoms with E-state index in [1.54, 1.807) is 0 Å². The average Bonchev–Trinajstić information content (AvgIpc) is 2.31. The summed E-state index contributed by atoms with van der Waals surface area (Å²) in [6.45, 7) is 0.176. The molecule has 0 aromatic carbocycles. The van der Waals surface area contributed by atoms with Gasteiger partial charge in [0.25, 0.3) is 9.05 Å². The predicted octanol–water partition coefficient (Wildman–Crippen LogP) is 0.494. The Morgan fingerprint density at radius 1 is 1.69 bits per heavy atom. The number of ether oxygens (including phenoxy) is 1. The molecule has 74 valence electrons. The zero-order valence-corrected chi connectivity index (χ0v) is 8.76. The second-order valence-electron chi connectivity index (χ2n) is 2.47. The lowest BCUT2D eigenvalue weighted by molar-refractivity contribution is 0.182. The van der Waals surface area contributed by atoms with Crippen molar-refractivity contribution in [2.75, 3.05) is 7.11 Å². The van der Waals surface area contributed by atoms with Gasteiger partial charge in [0.15, 0.2) is 5.03 Å². The highest BCUT2D eigenvalue weighted by molar-refractivity contribution is 8.13. The quantitative estimate of drug-likeness (QED) is 0.702. The second-order valence-corrected chi connectivity index (χ2v) is 4.95. The SMILES string of the molecule is COCc1cnn(C)c1S(=O)(=O)Cl. The molecule has 1 heterocycles. The van der Waals surface area contributed by atoms with Gasteiger partial charge in [-0.25, -0.2) is 8.42 Å². The summed E-state index contributed by atoms with van der Waals surface area (Å²) in [5, 5.41) is 3.76. The van der Waals surface area contributed by atoms with Crippen LogP contribution in [0.15, 0.2) is 11.2 Å². The number of rotatable bonds is 3. The van der Waals surface area contributed by atoms with Crippen molar-refractivity contribution in [3.8, 4) is 0 Å². The fourth-order valence-electron chi connectivity index (χ4n) is 1.04. The van der Waals surface area contributed by atoms with Gasteiger partial charge in [-0.3, -0.25) is 4.68 Å². The van der Waals surface area contributed by atoms with E-state index in [2.05, 4.69) is 5.10 Å². The van der Waals surface area contributed by atoms with Crippen molar-refractivity contribution in [3.05, 3.63) is 11.8 Å². The summed E-state index contributed by atoms with van der Waals surface area (Å²) < 4.78 is 28.1. The first kappa shape index (κ1) is 10.5. The summed E-state index contributed by atoms with van der Waals surface area (Å²) in [6, 6.07) is 0. The highest BCUT2D eigenvalue weighted by Crippen LogP contribution is 2.19. The van der Waals surface area contributed by atoms with E-state index in [-0.39, 0.29) is 11.6 Å². The third-order valence-corrected chi connectivity index (χ3v) is 2.91. The van der Waals surface area contributed by atoms with Crippen molar-refractivity contribution in [1.29, 1.82) is 0 Å². The number of aryl methyl sites for hydroxylation is 1. The van der Waals surface area contributed by atoms with Crippen LogP contribution in [0.25, 0.3) is 0 Å². The molecule has 0 radical (unpaired) electrons. The van der Waals surface area contributed by atoms with Gasteiger partial charge in [-0.05, 0) is 0 Å². The zero-order valence-electron chi connectivity index (χ0n) is 7.19. The van der Waals surface area contributed by atoms with Crippen LogP contribution in [0.3, 0.4) is 0 Å². The van der Waals surface area contributed by atoms with Gasteiger partial charge in [0, 0.05) is 30.4 Å². The summed E-state index contributed by atoms with van der Waals surface area (Å²) in [6.07, 6.45) is 1.42. The van der Waals surface area contributed by atoms with Crippen LogP contribution in [0.5, 0.6) is 0 Å². The molecule has 0 fully saturated rings. The lowest BCUT2D eigenvalue weighted by Crippen LogP contribution is -2.04. The molecule has 7 heteroatoms. The van der Waals surface area contributed by atoms with Crippen LogP contribution in [0.4, 0.5) is 0 Å². The van der Waals surface area contributed by atoms with Gasteiger partial charge in [-0.15, -0.1) is 0 Å². The van der Waals surface area contributed by atoms with Crippen LogP contribution in [0.1, 0.15) is 5.56 Å². The van der Waals surface area contributed by atoms with Gasteiger partial charge in [0.05, 0.1) is 12.8 Å². The molecular weight excluding hydrogens is 216 g/mol. The summed E-state index contributed by atoms with van der Waals surface area (Å²) in [5.74, 6) is 0. The molecule has 0 N–H and O–H groups in total. The maximum Gasteiger partial charge on any atom is 0.278 e. The first-order valence-electron chi connectivity index (χ1n) is 3.41. The number of hydrogen-bond acceptors (Lipinski definition) is 4. The number of nitrogens with zero attached hydrogens (tertiary/aromatic N) is 2. The molecule has 0 spiro atoms. The van der Waals surface area contributed by atoms with Crippen LogP contribution in [0, 0.1) is 0 Å². The van der Waals surface area contributed by atoms with E-state index in [4.69, 9.17) is 15.4 Å². The smallest absolute Gasteiger partial charge is 0.278 e. The zero-order chi connectivity index (χ0) is 10.1. The van der Waals surface area contributed by atoms with Crippen molar-refractivity contribution in [2.45, 2.75) is 11.6 Å². The third kappa shape index (κ3) is 2.20. The molecule has 0 aliphatic carbocycles. The van der Waals surface area contributed by atoms with Crippen molar-refractivity contribution in [3.63, 3.8) is 0 Å². The van der Waals surface area contributed by atoms with Crippen LogP contribution in [0.2, 0.25) is 0 Å². The number of hydrogen-bond donors (Lipinski definition) is 0. The van der Waals surface area contributed by atoms with Crippen molar-refractivity contribution < 1.29 is 13.2 Å². The molecule has 0 saturated carbocycles. The first-order chi connectivity index (χ1) is 5.96. The van der Waals surface area contributed by atoms with Crippen LogP contribution in [-0.4, -0.2) is 25.3 Å². The molecule has 0 bridgehead atoms. The topological polar surface area (TPSA) is 61.2 Å². The van der Waals surface area contributed by atoms with Crippen LogP contribution in [-0.2, 0) is 27.4 Å². The minimum Gasteiger partial charge on any atom is -0.380 e. The van der Waals surface area contributed by atoms with Crippen LogP contribution >= 0.6 is 10.7 Å². The van der Waals surface area contributed by atoms with E-state index in [0.29, 0.717) is 5.56 Å². The fraction of sp³-hybridized carbons (Fsp3) is 0.500. The van der Waals surface area contributed by atoms with Crippen LogP contribution < -0.4 is 0 Å². The Labute approximate surface area is 80.7 Å². The lowest BCUT2D eigenvalue weighted by atomic mass is 10.4. The van der Waals surface area contributed by atoms with Crippen molar-refractivity contribution >= 4 is 19.7 Å². The molecule has 1 aromatic rings. The Hall–Kier alpha value is -0.590. The number of halogens is 1. The van der Waals surface area contributed by atoms with Gasteiger partial charge in [-0.2, -0.15) is 5.10 Å². The second kappa shape index (κ2) is 3.65. The maximum atomic E-state index is 11.1. The predicted molar refractivity (Wildman–Crippen MR) is 47.0 cm³/mol. The normalized spacial score (nSPS) is 11.9. The Morgan fingerprint density at radius 2 is 2.31 bits per heavy atom. The summed E-state index contributed by atoms with van der Waals surface area (Å²) in [5.41, 5.74) is 0.458. The molecule has 1 rings (SSSR count). The minimum atomic E-state index is -3.75. The molecule has 0 aliphatic heterocycles. The summed E-state index contributed by atoms with van der Waals surface area (Å²) in [7, 11) is 4.43. The van der Waals surface area contributed by atoms with Gasteiger partial charge < -0.3 is 4.74 Å². The van der Waals surface area contributed by atoms with E-state index in [9.17, 15) is 8.42 Å². The fourth-order valence-corrected chi connectivity index (χ4v) is 2.43. The number of aromatic nitrogens is 2. The van der Waals surface area contributed by atoms with Gasteiger partial charge in [0.1, 0.15) is 0 Å². The highest BCUT2D eigenvalue weighted by atomic mass is 35.7. The lowest BCUT2D eigenvalue weighted by Gasteiger charge is -2.00. The maximum absolute atomic E-state index is 11.1. The molecule has 1 aromatic heterocycles. The molecule has 0 atom stereocenters. The van der Waals surface area contributed by atoms with E-state index >= 15 is 0 Å². The van der Waals surface area contributed by atoms with E-state index in [0.717, 1.165) is 0 Å². The van der Waals surface area contributed by atoms with Crippen molar-refractivity contribution in [1.82, 2.24) is 9.78 Å². The third-order valence-electron chi connectivity index (χ3n) is 1.49. The van der Waals surface area contributed by atoms with E-state index in [1.165, 1.54) is 25.0 Å². The van der Waals surface area contributed by atoms with Gasteiger partial charge in [-0.1, -0.05) is 0 Å². The Morgan fingerprint density at radius 3 is 2.77 bits per heavy atom. The summed E-state index contributed by atoms with van der Waals surface area (Å²) in [4.78, 5) is 0. The molecule has 5 nitrogen and oxygen atoms in total. The first-order valence-corrected chi connectivity index (χ1v) is 5.72. The van der Waals surface area contributed by atoms with Gasteiger partial charge in [0.2, 0.25) is 0 Å². The molecule has 13 heavy (non-hydrogen) atoms. The van der Waals surface area contributed by atoms with E-state index in [1.807, 2.05) is 0 Å².